The molecule has 0 heterocycles. The van der Waals surface area contributed by atoms with E-state index < -0.39 is 6.10 Å². The van der Waals surface area contributed by atoms with E-state index in [0.717, 1.165) is 23.2 Å². The number of carbonyl (C=O) groups is 1. The van der Waals surface area contributed by atoms with Gasteiger partial charge in [0.2, 0.25) is 5.91 Å². The molecule has 0 aliphatic heterocycles. The van der Waals surface area contributed by atoms with Crippen LogP contribution in [0.25, 0.3) is 0 Å². The van der Waals surface area contributed by atoms with Crippen LogP contribution in [-0.4, -0.2) is 42.6 Å². The van der Waals surface area contributed by atoms with E-state index in [0.29, 0.717) is 13.1 Å². The number of rotatable bonds is 7. The predicted molar refractivity (Wildman–Crippen MR) is 86.2 cm³/mol. The van der Waals surface area contributed by atoms with Gasteiger partial charge in [-0.05, 0) is 26.5 Å². The molecule has 0 radical (unpaired) electrons. The van der Waals surface area contributed by atoms with Crippen LogP contribution in [-0.2, 0) is 4.79 Å². The van der Waals surface area contributed by atoms with E-state index in [1.54, 1.807) is 0 Å². The van der Waals surface area contributed by atoms with E-state index in [1.165, 1.54) is 0 Å². The average Bonchev–Trinajstić information content (AvgIpc) is 2.37. The van der Waals surface area contributed by atoms with Gasteiger partial charge in [0.15, 0.2) is 0 Å². The first-order valence-electron chi connectivity index (χ1n) is 7.52. The van der Waals surface area contributed by atoms with Gasteiger partial charge in [-0.2, -0.15) is 0 Å². The van der Waals surface area contributed by atoms with Gasteiger partial charge in [0.1, 0.15) is 0 Å². The molecule has 1 unspecified atom stereocenters. The summed E-state index contributed by atoms with van der Waals surface area (Å²) in [5, 5.41) is 13.2. The lowest BCUT2D eigenvalue weighted by Gasteiger charge is -2.21. The molecule has 0 aromatic heterocycles. The highest BCUT2D eigenvalue weighted by molar-refractivity contribution is 5.77. The van der Waals surface area contributed by atoms with Gasteiger partial charge in [-0.25, -0.2) is 0 Å². The number of likely N-dealkylation sites (N-methyl/N-ethyl adjacent to an activating group) is 1. The van der Waals surface area contributed by atoms with Crippen LogP contribution in [0.3, 0.4) is 0 Å². The summed E-state index contributed by atoms with van der Waals surface area (Å²) in [7, 11) is 1.95. The summed E-state index contributed by atoms with van der Waals surface area (Å²) in [6.45, 7) is 9.71. The van der Waals surface area contributed by atoms with E-state index >= 15 is 0 Å². The second-order valence-electron chi connectivity index (χ2n) is 6.14. The van der Waals surface area contributed by atoms with E-state index in [4.69, 9.17) is 0 Å². The van der Waals surface area contributed by atoms with Crippen molar-refractivity contribution in [1.29, 1.82) is 0 Å². The minimum absolute atomic E-state index is 0.0103. The van der Waals surface area contributed by atoms with Gasteiger partial charge in [-0.3, -0.25) is 4.79 Å². The monoisotopic (exact) mass is 292 g/mol. The molecule has 0 spiro atoms. The fourth-order valence-electron chi connectivity index (χ4n) is 2.27. The first kappa shape index (κ1) is 17.7. The van der Waals surface area contributed by atoms with Crippen LogP contribution in [0.5, 0.6) is 0 Å². The maximum absolute atomic E-state index is 11.5. The summed E-state index contributed by atoms with van der Waals surface area (Å²) in [6, 6.07) is 6.14. The van der Waals surface area contributed by atoms with Gasteiger partial charge in [-0.1, -0.05) is 43.2 Å². The number of aryl methyl sites for hydroxylation is 2. The molecule has 21 heavy (non-hydrogen) atoms. The molecule has 0 saturated carbocycles. The number of benzene rings is 1. The van der Waals surface area contributed by atoms with Crippen LogP contribution in [0.1, 0.15) is 36.6 Å². The average molecular weight is 292 g/mol. The molecule has 1 atom stereocenters. The number of hydrogen-bond acceptors (Lipinski definition) is 3. The van der Waals surface area contributed by atoms with E-state index in [-0.39, 0.29) is 11.8 Å². The molecule has 0 aliphatic rings. The Morgan fingerprint density at radius 3 is 2.33 bits per heavy atom. The second kappa shape index (κ2) is 8.15. The van der Waals surface area contributed by atoms with Gasteiger partial charge in [-0.15, -0.1) is 0 Å². The maximum atomic E-state index is 11.5. The van der Waals surface area contributed by atoms with Crippen molar-refractivity contribution in [2.75, 3.05) is 26.7 Å². The smallest absolute Gasteiger partial charge is 0.222 e. The minimum Gasteiger partial charge on any atom is -0.387 e. The molecule has 4 heteroatoms. The first-order chi connectivity index (χ1) is 9.79. The Bertz CT molecular complexity index is 452. The molecule has 118 valence electrons. The topological polar surface area (TPSA) is 52.6 Å². The van der Waals surface area contributed by atoms with Gasteiger partial charge < -0.3 is 15.3 Å². The zero-order valence-electron chi connectivity index (χ0n) is 13.8. The minimum atomic E-state index is -0.505. The van der Waals surface area contributed by atoms with Gasteiger partial charge >= 0.3 is 0 Å². The van der Waals surface area contributed by atoms with Crippen LogP contribution >= 0.6 is 0 Å². The van der Waals surface area contributed by atoms with Crippen LogP contribution in [0.4, 0.5) is 0 Å². The molecular weight excluding hydrogens is 264 g/mol. The molecule has 0 bridgehead atoms. The number of aliphatic hydroxyl groups is 1. The van der Waals surface area contributed by atoms with Gasteiger partial charge in [0.05, 0.1) is 6.10 Å². The van der Waals surface area contributed by atoms with Crippen LogP contribution < -0.4 is 5.32 Å². The van der Waals surface area contributed by atoms with Crippen LogP contribution in [0.15, 0.2) is 18.2 Å². The molecule has 1 amide bonds. The number of aliphatic hydroxyl groups excluding tert-OH is 1. The fourth-order valence-corrected chi connectivity index (χ4v) is 2.27. The van der Waals surface area contributed by atoms with Crippen molar-refractivity contribution in [3.8, 4) is 0 Å². The SMILES string of the molecule is Cc1cc(C)cc(C(O)CN(C)CCNC(=O)C(C)C)c1. The Labute approximate surface area is 128 Å². The van der Waals surface area contributed by atoms with Crippen molar-refractivity contribution in [3.05, 3.63) is 34.9 Å². The maximum Gasteiger partial charge on any atom is 0.222 e. The molecule has 1 rings (SSSR count). The normalized spacial score (nSPS) is 12.8. The summed E-state index contributed by atoms with van der Waals surface area (Å²) >= 11 is 0. The molecule has 1 aromatic rings. The number of carbonyl (C=O) groups excluding carboxylic acids is 1. The fraction of sp³-hybridized carbons (Fsp3) is 0.588. The highest BCUT2D eigenvalue weighted by Crippen LogP contribution is 2.17. The Morgan fingerprint density at radius 2 is 1.81 bits per heavy atom. The van der Waals surface area contributed by atoms with Gasteiger partial charge in [0.25, 0.3) is 0 Å². The van der Waals surface area contributed by atoms with E-state index in [9.17, 15) is 9.90 Å². The third-order valence-corrected chi connectivity index (χ3v) is 3.43. The summed E-state index contributed by atoms with van der Waals surface area (Å²) in [5.74, 6) is 0.0782. The van der Waals surface area contributed by atoms with E-state index in [1.807, 2.05) is 51.8 Å². The number of nitrogens with zero attached hydrogens (tertiary/aromatic N) is 1. The summed E-state index contributed by atoms with van der Waals surface area (Å²) in [5.41, 5.74) is 3.28. The lowest BCUT2D eigenvalue weighted by Crippen LogP contribution is -2.36. The third-order valence-electron chi connectivity index (χ3n) is 3.43. The summed E-state index contributed by atoms with van der Waals surface area (Å²) < 4.78 is 0. The van der Waals surface area contributed by atoms with Crippen molar-refractivity contribution >= 4 is 5.91 Å². The summed E-state index contributed by atoms with van der Waals surface area (Å²) in [4.78, 5) is 13.5. The van der Waals surface area contributed by atoms with Crippen molar-refractivity contribution in [2.45, 2.75) is 33.8 Å². The molecule has 1 aromatic carbocycles. The Morgan fingerprint density at radius 1 is 1.24 bits per heavy atom. The largest absolute Gasteiger partial charge is 0.387 e. The molecule has 0 aliphatic carbocycles. The number of hydrogen-bond donors (Lipinski definition) is 2. The van der Waals surface area contributed by atoms with Crippen LogP contribution in [0, 0.1) is 19.8 Å². The second-order valence-corrected chi connectivity index (χ2v) is 6.14. The van der Waals surface area contributed by atoms with Crippen LogP contribution in [0.2, 0.25) is 0 Å². The van der Waals surface area contributed by atoms with Crippen molar-refractivity contribution in [3.63, 3.8) is 0 Å². The standard InChI is InChI=1S/C17H28N2O2/c1-12(2)17(21)18-6-7-19(5)11-16(20)15-9-13(3)8-14(4)10-15/h8-10,12,16,20H,6-7,11H2,1-5H3,(H,18,21). The lowest BCUT2D eigenvalue weighted by atomic mass is 10.0. The molecule has 4 nitrogen and oxygen atoms in total. The van der Waals surface area contributed by atoms with Crippen molar-refractivity contribution in [2.24, 2.45) is 5.92 Å². The zero-order valence-corrected chi connectivity index (χ0v) is 13.8. The number of amides is 1. The zero-order chi connectivity index (χ0) is 16.0. The Kier molecular flexibility index (Phi) is 6.85. The van der Waals surface area contributed by atoms with Crippen molar-refractivity contribution < 1.29 is 9.90 Å². The quantitative estimate of drug-likeness (QED) is 0.808. The molecule has 2 N–H and O–H groups in total. The first-order valence-corrected chi connectivity index (χ1v) is 7.52. The van der Waals surface area contributed by atoms with Crippen molar-refractivity contribution in [1.82, 2.24) is 10.2 Å². The Hall–Kier alpha value is -1.39. The molecule has 0 saturated heterocycles. The van der Waals surface area contributed by atoms with E-state index in [2.05, 4.69) is 11.4 Å². The molecule has 0 fully saturated rings. The number of nitrogens with one attached hydrogen (secondary N) is 1. The highest BCUT2D eigenvalue weighted by atomic mass is 16.3. The van der Waals surface area contributed by atoms with Gasteiger partial charge in [0, 0.05) is 25.6 Å². The third kappa shape index (κ3) is 6.27. The lowest BCUT2D eigenvalue weighted by molar-refractivity contribution is -0.124. The Balaban J connectivity index is 2.43. The predicted octanol–water partition coefficient (Wildman–Crippen LogP) is 2.04. The molecular formula is C17H28N2O2. The summed E-state index contributed by atoms with van der Waals surface area (Å²) in [6.07, 6.45) is -0.505. The highest BCUT2D eigenvalue weighted by Gasteiger charge is 2.12.